The summed E-state index contributed by atoms with van der Waals surface area (Å²) in [6.07, 6.45) is 3.87. The summed E-state index contributed by atoms with van der Waals surface area (Å²) < 4.78 is 40.7. The van der Waals surface area contributed by atoms with E-state index in [2.05, 4.69) is 34.3 Å². The Morgan fingerprint density at radius 1 is 1.25 bits per heavy atom. The van der Waals surface area contributed by atoms with Gasteiger partial charge in [-0.25, -0.2) is 9.50 Å². The molecule has 1 unspecified atom stereocenters. The fourth-order valence-corrected chi connectivity index (χ4v) is 3.44. The minimum Gasteiger partial charge on any atom is -0.391 e. The zero-order valence-corrected chi connectivity index (χ0v) is 17.8. The van der Waals surface area contributed by atoms with Crippen molar-refractivity contribution < 1.29 is 18.3 Å². The van der Waals surface area contributed by atoms with Gasteiger partial charge >= 0.3 is 6.18 Å². The van der Waals surface area contributed by atoms with Gasteiger partial charge in [0.1, 0.15) is 0 Å². The van der Waals surface area contributed by atoms with Gasteiger partial charge in [-0.05, 0) is 18.9 Å². The SMILES string of the molecule is CCC(CC)n1cc(-c2nc(/C(C=N)=C/NCC(O)CC(F)(F)F)cn3nccc23)cn1. The Morgan fingerprint density at radius 2 is 2.00 bits per heavy atom. The molecule has 0 aliphatic rings. The van der Waals surface area contributed by atoms with E-state index in [4.69, 9.17) is 5.41 Å². The second-order valence-electron chi connectivity index (χ2n) is 7.44. The number of aromatic nitrogens is 5. The van der Waals surface area contributed by atoms with Crippen LogP contribution in [0.25, 0.3) is 22.3 Å². The largest absolute Gasteiger partial charge is 0.391 e. The first-order valence-corrected chi connectivity index (χ1v) is 10.3. The highest BCUT2D eigenvalue weighted by Gasteiger charge is 2.30. The van der Waals surface area contributed by atoms with Gasteiger partial charge in [-0.1, -0.05) is 13.8 Å². The molecule has 8 nitrogen and oxygen atoms in total. The number of halogens is 3. The van der Waals surface area contributed by atoms with Crippen molar-refractivity contribution in [2.75, 3.05) is 6.54 Å². The van der Waals surface area contributed by atoms with Crippen molar-refractivity contribution in [2.24, 2.45) is 0 Å². The molecule has 3 heterocycles. The minimum atomic E-state index is -4.45. The lowest BCUT2D eigenvalue weighted by Gasteiger charge is -2.13. The summed E-state index contributed by atoms with van der Waals surface area (Å²) in [7, 11) is 0. The summed E-state index contributed by atoms with van der Waals surface area (Å²) >= 11 is 0. The molecule has 3 rings (SSSR count). The second-order valence-corrected chi connectivity index (χ2v) is 7.44. The molecular weight excluding hydrogens is 423 g/mol. The number of hydrogen-bond acceptors (Lipinski definition) is 6. The molecule has 0 bridgehead atoms. The third kappa shape index (κ3) is 5.52. The van der Waals surface area contributed by atoms with E-state index in [0.29, 0.717) is 17.0 Å². The molecule has 0 amide bonds. The van der Waals surface area contributed by atoms with E-state index < -0.39 is 18.7 Å². The molecule has 11 heteroatoms. The number of rotatable bonds is 10. The number of alkyl halides is 3. The Hall–Kier alpha value is -3.21. The van der Waals surface area contributed by atoms with Crippen LogP contribution in [-0.2, 0) is 0 Å². The molecule has 0 aliphatic carbocycles. The molecule has 3 aromatic rings. The normalized spacial score (nSPS) is 13.7. The Labute approximate surface area is 183 Å². The van der Waals surface area contributed by atoms with Crippen molar-refractivity contribution in [1.82, 2.24) is 29.7 Å². The number of allylic oxidation sites excluding steroid dienone is 1. The van der Waals surface area contributed by atoms with Gasteiger partial charge in [-0.3, -0.25) is 4.68 Å². The Balaban J connectivity index is 1.90. The maximum Gasteiger partial charge on any atom is 0.391 e. The van der Waals surface area contributed by atoms with Crippen molar-refractivity contribution in [3.63, 3.8) is 0 Å². The predicted octanol–water partition coefficient (Wildman–Crippen LogP) is 3.85. The van der Waals surface area contributed by atoms with Crippen LogP contribution in [0.15, 0.2) is 37.1 Å². The van der Waals surface area contributed by atoms with Crippen LogP contribution < -0.4 is 5.32 Å². The van der Waals surface area contributed by atoms with Crippen LogP contribution in [0.5, 0.6) is 0 Å². The average molecular weight is 449 g/mol. The van der Waals surface area contributed by atoms with Crippen LogP contribution in [0.4, 0.5) is 13.2 Å². The first-order valence-electron chi connectivity index (χ1n) is 10.3. The number of nitrogens with zero attached hydrogens (tertiary/aromatic N) is 5. The third-order valence-electron chi connectivity index (χ3n) is 5.11. The summed E-state index contributed by atoms with van der Waals surface area (Å²) in [6, 6.07) is 2.09. The van der Waals surface area contributed by atoms with Gasteiger partial charge in [-0.15, -0.1) is 0 Å². The monoisotopic (exact) mass is 449 g/mol. The van der Waals surface area contributed by atoms with Gasteiger partial charge in [0.2, 0.25) is 0 Å². The van der Waals surface area contributed by atoms with E-state index in [0.717, 1.165) is 30.1 Å². The summed E-state index contributed by atoms with van der Waals surface area (Å²) in [6.45, 7) is 3.89. The van der Waals surface area contributed by atoms with Crippen LogP contribution in [-0.4, -0.2) is 54.5 Å². The molecule has 3 aromatic heterocycles. The lowest BCUT2D eigenvalue weighted by atomic mass is 10.1. The van der Waals surface area contributed by atoms with Crippen molar-refractivity contribution in [1.29, 1.82) is 5.41 Å². The first-order chi connectivity index (χ1) is 15.3. The highest BCUT2D eigenvalue weighted by Crippen LogP contribution is 2.26. The molecule has 0 aliphatic heterocycles. The second kappa shape index (κ2) is 9.94. The van der Waals surface area contributed by atoms with Crippen LogP contribution in [0.3, 0.4) is 0 Å². The molecule has 0 saturated heterocycles. The summed E-state index contributed by atoms with van der Waals surface area (Å²) in [4.78, 5) is 4.68. The highest BCUT2D eigenvalue weighted by molar-refractivity contribution is 6.07. The zero-order valence-electron chi connectivity index (χ0n) is 17.8. The molecule has 32 heavy (non-hydrogen) atoms. The number of hydrogen-bond donors (Lipinski definition) is 3. The minimum absolute atomic E-state index is 0.275. The number of aliphatic hydroxyl groups excluding tert-OH is 1. The van der Waals surface area contributed by atoms with Crippen molar-refractivity contribution >= 4 is 17.3 Å². The zero-order chi connectivity index (χ0) is 23.3. The molecule has 0 saturated carbocycles. The van der Waals surface area contributed by atoms with Gasteiger partial charge in [0, 0.05) is 36.3 Å². The summed E-state index contributed by atoms with van der Waals surface area (Å²) in [5.41, 5.74) is 2.91. The Kier molecular flexibility index (Phi) is 7.29. The quantitative estimate of drug-likeness (QED) is 0.408. The smallest absolute Gasteiger partial charge is 0.391 e. The number of nitrogens with one attached hydrogen (secondary N) is 2. The lowest BCUT2D eigenvalue weighted by molar-refractivity contribution is -0.152. The number of fused-ring (bicyclic) bond motifs is 1. The highest BCUT2D eigenvalue weighted by atomic mass is 19.4. The average Bonchev–Trinajstić information content (AvgIpc) is 3.40. The summed E-state index contributed by atoms with van der Waals surface area (Å²) in [5.74, 6) is 0. The van der Waals surface area contributed by atoms with E-state index in [-0.39, 0.29) is 12.6 Å². The lowest BCUT2D eigenvalue weighted by Crippen LogP contribution is -2.28. The van der Waals surface area contributed by atoms with Gasteiger partial charge in [0.15, 0.2) is 0 Å². The van der Waals surface area contributed by atoms with Gasteiger partial charge in [-0.2, -0.15) is 23.4 Å². The van der Waals surface area contributed by atoms with Crippen LogP contribution in [0.2, 0.25) is 0 Å². The fourth-order valence-electron chi connectivity index (χ4n) is 3.44. The van der Waals surface area contributed by atoms with E-state index in [1.54, 1.807) is 23.1 Å². The van der Waals surface area contributed by atoms with Crippen LogP contribution in [0, 0.1) is 5.41 Å². The van der Waals surface area contributed by atoms with E-state index >= 15 is 0 Å². The maximum absolute atomic E-state index is 12.4. The van der Waals surface area contributed by atoms with E-state index in [9.17, 15) is 18.3 Å². The molecule has 172 valence electrons. The maximum atomic E-state index is 12.4. The molecule has 0 fully saturated rings. The first kappa shape index (κ1) is 23.5. The van der Waals surface area contributed by atoms with E-state index in [1.165, 1.54) is 6.20 Å². The van der Waals surface area contributed by atoms with Crippen LogP contribution >= 0.6 is 0 Å². The Morgan fingerprint density at radius 3 is 2.66 bits per heavy atom. The van der Waals surface area contributed by atoms with Gasteiger partial charge in [0.25, 0.3) is 0 Å². The molecular formula is C21H26F3N7O. The van der Waals surface area contributed by atoms with Gasteiger partial charge < -0.3 is 15.8 Å². The fraction of sp³-hybridized carbons (Fsp3) is 0.429. The standard InChI is InChI=1S/C21H26F3N7O/c1-3-16(4-2)30-12-15(10-28-30)20-19-5-6-27-31(19)13-18(29-20)14(8-25)9-26-11-17(32)7-21(22,23)24/h5-6,8-10,12-13,16-17,25-26,32H,3-4,7,11H2,1-2H3/b14-9+,25-8?. The molecule has 0 spiro atoms. The van der Waals surface area contributed by atoms with Crippen molar-refractivity contribution in [3.05, 3.63) is 42.7 Å². The van der Waals surface area contributed by atoms with Crippen molar-refractivity contribution in [3.8, 4) is 11.3 Å². The Bertz CT molecular complexity index is 1080. The molecule has 3 N–H and O–H groups in total. The molecule has 0 radical (unpaired) electrons. The predicted molar refractivity (Wildman–Crippen MR) is 115 cm³/mol. The van der Waals surface area contributed by atoms with Crippen molar-refractivity contribution in [2.45, 2.75) is 51.4 Å². The molecule has 0 aromatic carbocycles. The van der Waals surface area contributed by atoms with Gasteiger partial charge in [0.05, 0.1) is 54.1 Å². The summed E-state index contributed by atoms with van der Waals surface area (Å²) in [5, 5.41) is 28.6. The molecule has 1 atom stereocenters. The third-order valence-corrected chi connectivity index (χ3v) is 5.11. The topological polar surface area (TPSA) is 104 Å². The number of aliphatic hydroxyl groups is 1. The van der Waals surface area contributed by atoms with E-state index in [1.807, 2.05) is 16.9 Å². The van der Waals surface area contributed by atoms with Crippen LogP contribution in [0.1, 0.15) is 44.8 Å².